The first-order valence-electron chi connectivity index (χ1n) is 6.83. The van der Waals surface area contributed by atoms with Gasteiger partial charge in [-0.2, -0.15) is 15.0 Å². The SMILES string of the molecule is CCCOc1nc(NN)nc(NC2CCC(C)C2)n1. The average molecular weight is 266 g/mol. The van der Waals surface area contributed by atoms with E-state index < -0.39 is 0 Å². The molecule has 0 aromatic carbocycles. The number of hydrogen-bond acceptors (Lipinski definition) is 7. The number of rotatable bonds is 6. The Hall–Kier alpha value is -1.63. The number of aromatic nitrogens is 3. The lowest BCUT2D eigenvalue weighted by molar-refractivity contribution is 0.292. The van der Waals surface area contributed by atoms with Crippen LogP contribution in [0.3, 0.4) is 0 Å². The van der Waals surface area contributed by atoms with Gasteiger partial charge in [0.05, 0.1) is 6.61 Å². The van der Waals surface area contributed by atoms with Crippen molar-refractivity contribution in [3.8, 4) is 6.01 Å². The quantitative estimate of drug-likeness (QED) is 0.530. The maximum Gasteiger partial charge on any atom is 0.323 e. The Labute approximate surface area is 113 Å². The van der Waals surface area contributed by atoms with Gasteiger partial charge in [-0.25, -0.2) is 5.84 Å². The van der Waals surface area contributed by atoms with E-state index in [1.165, 1.54) is 6.42 Å². The van der Waals surface area contributed by atoms with Crippen LogP contribution in [0, 0.1) is 5.92 Å². The van der Waals surface area contributed by atoms with Crippen LogP contribution in [-0.2, 0) is 0 Å². The highest BCUT2D eigenvalue weighted by Crippen LogP contribution is 2.27. The molecule has 1 aliphatic rings. The number of hydrazine groups is 1. The molecule has 0 amide bonds. The summed E-state index contributed by atoms with van der Waals surface area (Å²) in [7, 11) is 0. The molecule has 4 N–H and O–H groups in total. The molecular weight excluding hydrogens is 244 g/mol. The summed E-state index contributed by atoms with van der Waals surface area (Å²) >= 11 is 0. The summed E-state index contributed by atoms with van der Waals surface area (Å²) in [5, 5.41) is 3.33. The van der Waals surface area contributed by atoms with E-state index in [1.807, 2.05) is 6.92 Å². The first-order chi connectivity index (χ1) is 9.21. The molecule has 1 fully saturated rings. The number of nitrogens with two attached hydrogens (primary N) is 1. The lowest BCUT2D eigenvalue weighted by Gasteiger charge is -2.13. The van der Waals surface area contributed by atoms with Crippen molar-refractivity contribution in [2.75, 3.05) is 17.3 Å². The van der Waals surface area contributed by atoms with Gasteiger partial charge in [-0.3, -0.25) is 5.43 Å². The van der Waals surface area contributed by atoms with E-state index in [1.54, 1.807) is 0 Å². The Morgan fingerprint density at radius 2 is 2.05 bits per heavy atom. The Balaban J connectivity index is 2.05. The largest absolute Gasteiger partial charge is 0.463 e. The zero-order valence-corrected chi connectivity index (χ0v) is 11.5. The van der Waals surface area contributed by atoms with Gasteiger partial charge in [-0.05, 0) is 31.6 Å². The second kappa shape index (κ2) is 6.51. The topological polar surface area (TPSA) is 98.0 Å². The summed E-state index contributed by atoms with van der Waals surface area (Å²) in [6.07, 6.45) is 4.43. The zero-order valence-electron chi connectivity index (χ0n) is 11.5. The smallest absolute Gasteiger partial charge is 0.323 e. The molecule has 7 heteroatoms. The maximum absolute atomic E-state index is 5.43. The fraction of sp³-hybridized carbons (Fsp3) is 0.750. The van der Waals surface area contributed by atoms with Crippen LogP contribution in [0.1, 0.15) is 39.5 Å². The molecule has 2 atom stereocenters. The van der Waals surface area contributed by atoms with E-state index >= 15 is 0 Å². The minimum atomic E-state index is 0.304. The van der Waals surface area contributed by atoms with Crippen molar-refractivity contribution in [2.45, 2.75) is 45.6 Å². The predicted molar refractivity (Wildman–Crippen MR) is 73.8 cm³/mol. The van der Waals surface area contributed by atoms with Crippen LogP contribution in [0.15, 0.2) is 0 Å². The van der Waals surface area contributed by atoms with E-state index in [0.717, 1.165) is 25.2 Å². The fourth-order valence-corrected chi connectivity index (χ4v) is 2.26. The molecule has 0 saturated heterocycles. The van der Waals surface area contributed by atoms with Gasteiger partial charge < -0.3 is 10.1 Å². The van der Waals surface area contributed by atoms with E-state index in [4.69, 9.17) is 10.6 Å². The zero-order chi connectivity index (χ0) is 13.7. The van der Waals surface area contributed by atoms with Crippen LogP contribution < -0.4 is 21.3 Å². The highest BCUT2D eigenvalue weighted by Gasteiger charge is 2.22. The van der Waals surface area contributed by atoms with Crippen molar-refractivity contribution in [3.63, 3.8) is 0 Å². The molecule has 106 valence electrons. The molecular formula is C12H22N6O. The highest BCUT2D eigenvalue weighted by molar-refractivity contribution is 5.35. The summed E-state index contributed by atoms with van der Waals surface area (Å²) in [6, 6.07) is 0.723. The number of nitrogens with one attached hydrogen (secondary N) is 2. The molecule has 19 heavy (non-hydrogen) atoms. The third kappa shape index (κ3) is 3.92. The average Bonchev–Trinajstić information content (AvgIpc) is 2.81. The molecule has 1 aromatic rings. The standard InChI is InChI=1S/C12H22N6O/c1-3-6-19-12-16-10(15-11(17-12)18-13)14-9-5-4-8(2)7-9/h8-9H,3-7,13H2,1-2H3,(H2,14,15,16,17,18). The third-order valence-electron chi connectivity index (χ3n) is 3.21. The van der Waals surface area contributed by atoms with Gasteiger partial charge in [0.15, 0.2) is 0 Å². The van der Waals surface area contributed by atoms with Gasteiger partial charge >= 0.3 is 6.01 Å². The molecule has 7 nitrogen and oxygen atoms in total. The minimum Gasteiger partial charge on any atom is -0.463 e. The summed E-state index contributed by atoms with van der Waals surface area (Å²) in [4.78, 5) is 12.5. The van der Waals surface area contributed by atoms with E-state index in [0.29, 0.717) is 30.6 Å². The summed E-state index contributed by atoms with van der Waals surface area (Å²) in [5.74, 6) is 6.95. The number of nitrogen functional groups attached to an aromatic ring is 1. The first-order valence-corrected chi connectivity index (χ1v) is 6.83. The molecule has 2 rings (SSSR count). The summed E-state index contributed by atoms with van der Waals surface area (Å²) < 4.78 is 5.43. The second-order valence-electron chi connectivity index (χ2n) is 5.02. The summed E-state index contributed by atoms with van der Waals surface area (Å²) in [6.45, 7) is 4.87. The number of anilines is 2. The number of nitrogens with zero attached hydrogens (tertiary/aromatic N) is 3. The molecule has 1 heterocycles. The van der Waals surface area contributed by atoms with Crippen LogP contribution in [-0.4, -0.2) is 27.6 Å². The lowest BCUT2D eigenvalue weighted by atomic mass is 10.1. The second-order valence-corrected chi connectivity index (χ2v) is 5.02. The van der Waals surface area contributed by atoms with Crippen LogP contribution in [0.2, 0.25) is 0 Å². The van der Waals surface area contributed by atoms with Crippen LogP contribution in [0.4, 0.5) is 11.9 Å². The third-order valence-corrected chi connectivity index (χ3v) is 3.21. The van der Waals surface area contributed by atoms with Crippen molar-refractivity contribution < 1.29 is 4.74 Å². The highest BCUT2D eigenvalue weighted by atomic mass is 16.5. The Bertz CT molecular complexity index is 413. The number of ether oxygens (including phenoxy) is 1. The van der Waals surface area contributed by atoms with E-state index in [9.17, 15) is 0 Å². The summed E-state index contributed by atoms with van der Waals surface area (Å²) in [5.41, 5.74) is 2.44. The van der Waals surface area contributed by atoms with Crippen molar-refractivity contribution >= 4 is 11.9 Å². The molecule has 0 spiro atoms. The first kappa shape index (κ1) is 13.8. The maximum atomic E-state index is 5.43. The lowest BCUT2D eigenvalue weighted by Crippen LogP contribution is -2.20. The molecule has 1 saturated carbocycles. The van der Waals surface area contributed by atoms with Crippen LogP contribution in [0.5, 0.6) is 6.01 Å². The molecule has 1 aliphatic carbocycles. The molecule has 0 radical (unpaired) electrons. The van der Waals surface area contributed by atoms with Gasteiger partial charge in [0.1, 0.15) is 0 Å². The van der Waals surface area contributed by atoms with Gasteiger partial charge in [0.25, 0.3) is 0 Å². The number of hydrogen-bond donors (Lipinski definition) is 3. The van der Waals surface area contributed by atoms with Gasteiger partial charge in [-0.1, -0.05) is 13.8 Å². The molecule has 0 aliphatic heterocycles. The van der Waals surface area contributed by atoms with E-state index in [-0.39, 0.29) is 0 Å². The molecule has 1 aromatic heterocycles. The van der Waals surface area contributed by atoms with Crippen molar-refractivity contribution in [2.24, 2.45) is 11.8 Å². The van der Waals surface area contributed by atoms with Crippen molar-refractivity contribution in [3.05, 3.63) is 0 Å². The minimum absolute atomic E-state index is 0.304. The Kier molecular flexibility index (Phi) is 4.73. The van der Waals surface area contributed by atoms with Crippen LogP contribution >= 0.6 is 0 Å². The van der Waals surface area contributed by atoms with E-state index in [2.05, 4.69) is 32.6 Å². The Morgan fingerprint density at radius 1 is 1.26 bits per heavy atom. The van der Waals surface area contributed by atoms with Gasteiger partial charge in [-0.15, -0.1) is 0 Å². The molecule has 2 unspecified atom stereocenters. The van der Waals surface area contributed by atoms with Gasteiger partial charge in [0.2, 0.25) is 11.9 Å². The Morgan fingerprint density at radius 3 is 2.68 bits per heavy atom. The predicted octanol–water partition coefficient (Wildman–Crippen LogP) is 1.55. The monoisotopic (exact) mass is 266 g/mol. The van der Waals surface area contributed by atoms with Crippen molar-refractivity contribution in [1.29, 1.82) is 0 Å². The fourth-order valence-electron chi connectivity index (χ4n) is 2.26. The normalized spacial score (nSPS) is 22.3. The van der Waals surface area contributed by atoms with Gasteiger partial charge in [0, 0.05) is 6.04 Å². The van der Waals surface area contributed by atoms with Crippen molar-refractivity contribution in [1.82, 2.24) is 15.0 Å². The van der Waals surface area contributed by atoms with Crippen LogP contribution in [0.25, 0.3) is 0 Å². The molecule has 0 bridgehead atoms.